The molecule has 5 nitrogen and oxygen atoms in total. The maximum Gasteiger partial charge on any atom is 0.133 e. The fourth-order valence-corrected chi connectivity index (χ4v) is 1.25. The molecule has 0 aliphatic carbocycles. The van der Waals surface area contributed by atoms with E-state index in [1.54, 1.807) is 6.33 Å². The standard InChI is InChI=1S/C10H19N5/c1-8(4-5-11)14-9-6-10(15(2)3)13-7-12-9/h6-8H,4-5,11H2,1-3H3,(H,12,13,14). The van der Waals surface area contributed by atoms with Gasteiger partial charge in [-0.1, -0.05) is 0 Å². The van der Waals surface area contributed by atoms with Gasteiger partial charge in [-0.3, -0.25) is 0 Å². The molecule has 1 heterocycles. The number of nitrogens with one attached hydrogen (secondary N) is 1. The zero-order valence-electron chi connectivity index (χ0n) is 9.57. The van der Waals surface area contributed by atoms with Crippen molar-refractivity contribution in [1.82, 2.24) is 9.97 Å². The van der Waals surface area contributed by atoms with Crippen molar-refractivity contribution in [3.05, 3.63) is 12.4 Å². The van der Waals surface area contributed by atoms with Crippen LogP contribution in [0, 0.1) is 0 Å². The van der Waals surface area contributed by atoms with Gasteiger partial charge in [-0.05, 0) is 19.9 Å². The van der Waals surface area contributed by atoms with Gasteiger partial charge in [0.25, 0.3) is 0 Å². The molecule has 0 aliphatic rings. The molecule has 0 fully saturated rings. The van der Waals surface area contributed by atoms with Crippen LogP contribution in [-0.2, 0) is 0 Å². The van der Waals surface area contributed by atoms with Crippen molar-refractivity contribution in [1.29, 1.82) is 0 Å². The Hall–Kier alpha value is -1.36. The van der Waals surface area contributed by atoms with E-state index >= 15 is 0 Å². The van der Waals surface area contributed by atoms with E-state index in [2.05, 4.69) is 22.2 Å². The molecule has 0 aromatic carbocycles. The van der Waals surface area contributed by atoms with Crippen LogP contribution in [0.25, 0.3) is 0 Å². The van der Waals surface area contributed by atoms with Crippen LogP contribution in [0.3, 0.4) is 0 Å². The zero-order valence-corrected chi connectivity index (χ0v) is 9.57. The van der Waals surface area contributed by atoms with Gasteiger partial charge in [0.15, 0.2) is 0 Å². The third kappa shape index (κ3) is 3.71. The van der Waals surface area contributed by atoms with Crippen LogP contribution in [0.1, 0.15) is 13.3 Å². The first-order valence-electron chi connectivity index (χ1n) is 5.09. The summed E-state index contributed by atoms with van der Waals surface area (Å²) in [5.74, 6) is 1.74. The fourth-order valence-electron chi connectivity index (χ4n) is 1.25. The van der Waals surface area contributed by atoms with Crippen molar-refractivity contribution < 1.29 is 0 Å². The second-order valence-corrected chi connectivity index (χ2v) is 3.78. The van der Waals surface area contributed by atoms with E-state index in [1.807, 2.05) is 25.1 Å². The van der Waals surface area contributed by atoms with Gasteiger partial charge in [0, 0.05) is 26.2 Å². The first-order chi connectivity index (χ1) is 7.13. The number of nitrogens with zero attached hydrogens (tertiary/aromatic N) is 3. The van der Waals surface area contributed by atoms with E-state index < -0.39 is 0 Å². The molecule has 1 rings (SSSR count). The van der Waals surface area contributed by atoms with Gasteiger partial charge < -0.3 is 16.0 Å². The van der Waals surface area contributed by atoms with E-state index in [0.717, 1.165) is 18.1 Å². The Kier molecular flexibility index (Phi) is 4.30. The molecule has 84 valence electrons. The summed E-state index contributed by atoms with van der Waals surface area (Å²) >= 11 is 0. The van der Waals surface area contributed by atoms with Gasteiger partial charge in [0.2, 0.25) is 0 Å². The Morgan fingerprint density at radius 1 is 1.47 bits per heavy atom. The second kappa shape index (κ2) is 5.50. The Morgan fingerprint density at radius 2 is 2.20 bits per heavy atom. The van der Waals surface area contributed by atoms with Gasteiger partial charge in [-0.15, -0.1) is 0 Å². The van der Waals surface area contributed by atoms with Crippen LogP contribution in [0.4, 0.5) is 11.6 Å². The van der Waals surface area contributed by atoms with Gasteiger partial charge >= 0.3 is 0 Å². The van der Waals surface area contributed by atoms with E-state index in [4.69, 9.17) is 5.73 Å². The first kappa shape index (κ1) is 11.7. The van der Waals surface area contributed by atoms with E-state index in [-0.39, 0.29) is 0 Å². The molecule has 0 saturated carbocycles. The molecular weight excluding hydrogens is 190 g/mol. The third-order valence-corrected chi connectivity index (χ3v) is 2.10. The Bertz CT molecular complexity index is 300. The molecular formula is C10H19N5. The molecule has 1 unspecified atom stereocenters. The third-order valence-electron chi connectivity index (χ3n) is 2.10. The second-order valence-electron chi connectivity index (χ2n) is 3.78. The number of hydrogen-bond acceptors (Lipinski definition) is 5. The lowest BCUT2D eigenvalue weighted by Crippen LogP contribution is -2.20. The van der Waals surface area contributed by atoms with Crippen LogP contribution in [0.5, 0.6) is 0 Å². The lowest BCUT2D eigenvalue weighted by atomic mass is 10.2. The summed E-state index contributed by atoms with van der Waals surface area (Å²) in [7, 11) is 3.91. The molecule has 3 N–H and O–H groups in total. The molecule has 0 aliphatic heterocycles. The summed E-state index contributed by atoms with van der Waals surface area (Å²) < 4.78 is 0. The average Bonchev–Trinajstić information content (AvgIpc) is 2.18. The molecule has 5 heteroatoms. The highest BCUT2D eigenvalue weighted by Crippen LogP contribution is 2.12. The maximum absolute atomic E-state index is 5.48. The van der Waals surface area contributed by atoms with Crippen molar-refractivity contribution in [2.75, 3.05) is 30.9 Å². The molecule has 0 spiro atoms. The highest BCUT2D eigenvalue weighted by molar-refractivity contribution is 5.47. The van der Waals surface area contributed by atoms with Crippen molar-refractivity contribution in [3.8, 4) is 0 Å². The molecule has 0 bridgehead atoms. The minimum absolute atomic E-state index is 0.333. The number of aromatic nitrogens is 2. The molecule has 0 amide bonds. The SMILES string of the molecule is CC(CCN)Nc1cc(N(C)C)ncn1. The molecule has 1 aromatic rings. The molecule has 0 radical (unpaired) electrons. The lowest BCUT2D eigenvalue weighted by Gasteiger charge is -2.15. The average molecular weight is 209 g/mol. The van der Waals surface area contributed by atoms with Gasteiger partial charge in [0.05, 0.1) is 0 Å². The Labute approximate surface area is 90.7 Å². The van der Waals surface area contributed by atoms with Crippen LogP contribution in [0.2, 0.25) is 0 Å². The Morgan fingerprint density at radius 3 is 2.80 bits per heavy atom. The summed E-state index contributed by atoms with van der Waals surface area (Å²) in [5.41, 5.74) is 5.48. The highest BCUT2D eigenvalue weighted by atomic mass is 15.2. The zero-order chi connectivity index (χ0) is 11.3. The minimum atomic E-state index is 0.333. The maximum atomic E-state index is 5.48. The van der Waals surface area contributed by atoms with E-state index in [1.165, 1.54) is 0 Å². The molecule has 1 atom stereocenters. The van der Waals surface area contributed by atoms with Gasteiger partial charge in [-0.2, -0.15) is 0 Å². The first-order valence-corrected chi connectivity index (χ1v) is 5.09. The molecule has 15 heavy (non-hydrogen) atoms. The topological polar surface area (TPSA) is 67.1 Å². The number of anilines is 2. The molecule has 0 saturated heterocycles. The van der Waals surface area contributed by atoms with Crippen molar-refractivity contribution in [3.63, 3.8) is 0 Å². The normalized spacial score (nSPS) is 12.3. The summed E-state index contributed by atoms with van der Waals surface area (Å²) in [4.78, 5) is 10.2. The summed E-state index contributed by atoms with van der Waals surface area (Å²) in [5, 5.41) is 3.28. The number of nitrogens with two attached hydrogens (primary N) is 1. The summed E-state index contributed by atoms with van der Waals surface area (Å²) in [6.45, 7) is 2.77. The Balaban J connectivity index is 2.65. The van der Waals surface area contributed by atoms with E-state index in [0.29, 0.717) is 12.6 Å². The van der Waals surface area contributed by atoms with Crippen LogP contribution in [-0.4, -0.2) is 36.6 Å². The van der Waals surface area contributed by atoms with E-state index in [9.17, 15) is 0 Å². The van der Waals surface area contributed by atoms with Crippen molar-refractivity contribution in [2.24, 2.45) is 5.73 Å². The van der Waals surface area contributed by atoms with Gasteiger partial charge in [-0.25, -0.2) is 9.97 Å². The predicted molar refractivity (Wildman–Crippen MR) is 63.1 cm³/mol. The summed E-state index contributed by atoms with van der Waals surface area (Å²) in [6.07, 6.45) is 2.49. The van der Waals surface area contributed by atoms with Gasteiger partial charge in [0.1, 0.15) is 18.0 Å². The quantitative estimate of drug-likeness (QED) is 0.747. The smallest absolute Gasteiger partial charge is 0.133 e. The summed E-state index contributed by atoms with van der Waals surface area (Å²) in [6, 6.07) is 2.26. The van der Waals surface area contributed by atoms with Crippen molar-refractivity contribution >= 4 is 11.6 Å². The lowest BCUT2D eigenvalue weighted by molar-refractivity contribution is 0.713. The monoisotopic (exact) mass is 209 g/mol. The van der Waals surface area contributed by atoms with Crippen molar-refractivity contribution in [2.45, 2.75) is 19.4 Å². The van der Waals surface area contributed by atoms with Crippen LogP contribution in [0.15, 0.2) is 12.4 Å². The molecule has 1 aromatic heterocycles. The highest BCUT2D eigenvalue weighted by Gasteiger charge is 2.03. The largest absolute Gasteiger partial charge is 0.367 e. The number of rotatable bonds is 5. The van der Waals surface area contributed by atoms with Crippen LogP contribution >= 0.6 is 0 Å². The number of hydrogen-bond donors (Lipinski definition) is 2. The fraction of sp³-hybridized carbons (Fsp3) is 0.600. The van der Waals surface area contributed by atoms with Crippen LogP contribution < -0.4 is 16.0 Å². The predicted octanol–water partition coefficient (Wildman–Crippen LogP) is 0.692. The minimum Gasteiger partial charge on any atom is -0.367 e.